The average molecular weight is 790 g/mol. The minimum atomic E-state index is -5.20. The maximum atomic E-state index is 13.8. The van der Waals surface area contributed by atoms with Gasteiger partial charge in [-0.2, -0.15) is 8.42 Å². The van der Waals surface area contributed by atoms with E-state index in [-0.39, 0.29) is 18.3 Å². The molecular weight excluding hydrogens is 772 g/mol. The molecule has 4 aliphatic rings. The number of ether oxygens (including phenoxy) is 2. The highest BCUT2D eigenvalue weighted by Gasteiger charge is 2.62. The minimum Gasteiger partial charge on any atom is -0.456 e. The number of esters is 2. The fourth-order valence-corrected chi connectivity index (χ4v) is 8.34. The molecule has 3 atom stereocenters. The van der Waals surface area contributed by atoms with Crippen molar-refractivity contribution >= 4 is 89.8 Å². The SMILES string of the molecule is O=C(OC12CC3CC(C1)CC(OC(=O)C(F)S(=O)(=O)O)(C3)C2)c1cc(I)cc(I)c1I. The van der Waals surface area contributed by atoms with Gasteiger partial charge in [-0.15, -0.1) is 0 Å². The first-order valence-corrected chi connectivity index (χ1v) is 14.3. The zero-order valence-electron chi connectivity index (χ0n) is 15.9. The van der Waals surface area contributed by atoms with E-state index in [1.807, 2.05) is 6.07 Å². The number of halogens is 4. The van der Waals surface area contributed by atoms with Crippen molar-refractivity contribution in [3.05, 3.63) is 28.4 Å². The number of alkyl halides is 1. The Morgan fingerprint density at radius 3 is 2.16 bits per heavy atom. The van der Waals surface area contributed by atoms with Gasteiger partial charge in [0.05, 0.1) is 5.56 Å². The third kappa shape index (κ3) is 4.87. The smallest absolute Gasteiger partial charge is 0.359 e. The molecule has 1 N–H and O–H groups in total. The van der Waals surface area contributed by atoms with Crippen LogP contribution in [0.2, 0.25) is 0 Å². The van der Waals surface area contributed by atoms with E-state index in [9.17, 15) is 22.4 Å². The topological polar surface area (TPSA) is 107 Å². The molecule has 4 bridgehead atoms. The summed E-state index contributed by atoms with van der Waals surface area (Å²) in [6.45, 7) is 0. The van der Waals surface area contributed by atoms with Crippen LogP contribution >= 0.6 is 67.8 Å². The molecule has 0 aromatic heterocycles. The molecule has 0 aliphatic heterocycles. The third-order valence-corrected chi connectivity index (χ3v) is 10.6. The molecule has 12 heteroatoms. The van der Waals surface area contributed by atoms with Crippen LogP contribution in [0.3, 0.4) is 0 Å². The first-order chi connectivity index (χ1) is 14.3. The Kier molecular flexibility index (Phi) is 6.63. The monoisotopic (exact) mass is 790 g/mol. The van der Waals surface area contributed by atoms with Crippen LogP contribution < -0.4 is 0 Å². The van der Waals surface area contributed by atoms with Crippen LogP contribution in [0.1, 0.15) is 48.9 Å². The highest BCUT2D eigenvalue weighted by molar-refractivity contribution is 14.1. The van der Waals surface area contributed by atoms with Gasteiger partial charge < -0.3 is 9.47 Å². The molecule has 7 nitrogen and oxygen atoms in total. The van der Waals surface area contributed by atoms with Crippen LogP contribution in [0.5, 0.6) is 0 Å². The van der Waals surface area contributed by atoms with Crippen molar-refractivity contribution in [2.45, 2.75) is 55.2 Å². The van der Waals surface area contributed by atoms with Crippen molar-refractivity contribution in [1.29, 1.82) is 0 Å². The van der Waals surface area contributed by atoms with Gasteiger partial charge in [0, 0.05) is 17.1 Å². The van der Waals surface area contributed by atoms with E-state index in [1.54, 1.807) is 6.07 Å². The number of hydrogen-bond acceptors (Lipinski definition) is 6. The van der Waals surface area contributed by atoms with Gasteiger partial charge in [0.1, 0.15) is 11.2 Å². The number of rotatable bonds is 5. The predicted octanol–water partition coefficient (Wildman–Crippen LogP) is 4.48. The Hall–Kier alpha value is 0.190. The van der Waals surface area contributed by atoms with Crippen molar-refractivity contribution in [1.82, 2.24) is 0 Å². The van der Waals surface area contributed by atoms with Crippen molar-refractivity contribution in [2.75, 3.05) is 0 Å². The van der Waals surface area contributed by atoms with Crippen molar-refractivity contribution < 1.29 is 36.4 Å². The van der Waals surface area contributed by atoms with E-state index in [0.717, 1.165) is 17.1 Å². The van der Waals surface area contributed by atoms with Crippen molar-refractivity contribution in [2.24, 2.45) is 11.8 Å². The molecule has 0 radical (unpaired) electrons. The van der Waals surface area contributed by atoms with Crippen LogP contribution in [0, 0.1) is 22.5 Å². The molecule has 5 rings (SSSR count). The summed E-state index contributed by atoms with van der Waals surface area (Å²) in [6, 6.07) is 3.73. The van der Waals surface area contributed by atoms with Crippen molar-refractivity contribution in [3.63, 3.8) is 0 Å². The summed E-state index contributed by atoms with van der Waals surface area (Å²) < 4.78 is 58.8. The molecule has 170 valence electrons. The van der Waals surface area contributed by atoms with E-state index < -0.39 is 38.8 Å². The zero-order valence-corrected chi connectivity index (χ0v) is 23.2. The van der Waals surface area contributed by atoms with Gasteiger partial charge in [-0.25, -0.2) is 14.0 Å². The normalized spacial score (nSPS) is 32.5. The first-order valence-electron chi connectivity index (χ1n) is 9.53. The lowest BCUT2D eigenvalue weighted by atomic mass is 9.52. The highest BCUT2D eigenvalue weighted by atomic mass is 127. The maximum Gasteiger partial charge on any atom is 0.359 e. The molecule has 0 spiro atoms. The summed E-state index contributed by atoms with van der Waals surface area (Å²) in [5.41, 5.74) is -4.62. The molecule has 0 amide bonds. The lowest BCUT2D eigenvalue weighted by molar-refractivity contribution is -0.221. The average Bonchev–Trinajstić information content (AvgIpc) is 2.61. The van der Waals surface area contributed by atoms with E-state index in [0.29, 0.717) is 31.2 Å². The summed E-state index contributed by atoms with van der Waals surface area (Å²) in [5.74, 6) is -1.82. The largest absolute Gasteiger partial charge is 0.456 e. The molecule has 4 fully saturated rings. The van der Waals surface area contributed by atoms with E-state index in [2.05, 4.69) is 67.8 Å². The van der Waals surface area contributed by atoms with E-state index in [4.69, 9.17) is 14.0 Å². The standard InChI is InChI=1S/C19H18FI3O7S/c20-15(31(26,27)28)17(25)30-19-6-9-1-10(7-19)5-18(4-9,8-19)29-16(24)12-2-11(21)3-13(22)14(12)23/h2-3,9-10,15H,1,4-8H2,(H,26,27,28). The second-order valence-electron chi connectivity index (χ2n) is 8.72. The molecule has 0 heterocycles. The lowest BCUT2D eigenvalue weighted by Crippen LogP contribution is -2.62. The van der Waals surface area contributed by atoms with Gasteiger partial charge >= 0.3 is 27.6 Å². The summed E-state index contributed by atoms with van der Waals surface area (Å²) in [4.78, 5) is 25.2. The molecule has 1 aromatic rings. The molecule has 0 saturated heterocycles. The Balaban J connectivity index is 1.59. The van der Waals surface area contributed by atoms with E-state index >= 15 is 0 Å². The third-order valence-electron chi connectivity index (χ3n) is 6.24. The summed E-state index contributed by atoms with van der Waals surface area (Å²) in [6.07, 6.45) is 3.28. The van der Waals surface area contributed by atoms with Crippen LogP contribution in [-0.2, 0) is 24.4 Å². The lowest BCUT2D eigenvalue weighted by Gasteiger charge is -2.60. The van der Waals surface area contributed by atoms with Gasteiger partial charge in [0.15, 0.2) is 0 Å². The predicted molar refractivity (Wildman–Crippen MR) is 133 cm³/mol. The fraction of sp³-hybridized carbons (Fsp3) is 0.579. The van der Waals surface area contributed by atoms with Gasteiger partial charge in [-0.05, 0) is 124 Å². The van der Waals surface area contributed by atoms with Gasteiger partial charge in [-0.1, -0.05) is 0 Å². The van der Waals surface area contributed by atoms with Crippen LogP contribution in [-0.4, -0.2) is 41.6 Å². The Morgan fingerprint density at radius 2 is 1.61 bits per heavy atom. The number of carbonyl (C=O) groups is 2. The molecule has 31 heavy (non-hydrogen) atoms. The van der Waals surface area contributed by atoms with E-state index in [1.165, 1.54) is 0 Å². The summed E-state index contributed by atoms with van der Waals surface area (Å²) in [5, 5.41) is 0. The zero-order chi connectivity index (χ0) is 22.8. The molecular formula is C19H18FI3O7S. The second-order valence-corrected chi connectivity index (χ2v) is 13.6. The van der Waals surface area contributed by atoms with Crippen LogP contribution in [0.25, 0.3) is 0 Å². The number of benzene rings is 1. The quantitative estimate of drug-likeness (QED) is 0.203. The summed E-state index contributed by atoms with van der Waals surface area (Å²) in [7, 11) is -5.20. The molecule has 4 aliphatic carbocycles. The number of carbonyl (C=O) groups excluding carboxylic acids is 2. The number of hydrogen-bond donors (Lipinski definition) is 1. The molecule has 4 saturated carbocycles. The van der Waals surface area contributed by atoms with Gasteiger partial charge in [0.25, 0.3) is 0 Å². The Morgan fingerprint density at radius 1 is 1.06 bits per heavy atom. The van der Waals surface area contributed by atoms with Crippen LogP contribution in [0.4, 0.5) is 4.39 Å². The Labute approximate surface area is 219 Å². The van der Waals surface area contributed by atoms with Gasteiger partial charge in [-0.3, -0.25) is 4.55 Å². The molecule has 1 aromatic carbocycles. The molecule has 3 unspecified atom stereocenters. The fourth-order valence-electron chi connectivity index (χ4n) is 5.67. The van der Waals surface area contributed by atoms with Crippen molar-refractivity contribution in [3.8, 4) is 0 Å². The summed E-state index contributed by atoms with van der Waals surface area (Å²) >= 11 is 6.41. The highest BCUT2D eigenvalue weighted by Crippen LogP contribution is 2.60. The Bertz CT molecular complexity index is 1050. The second kappa shape index (κ2) is 8.45. The van der Waals surface area contributed by atoms with Gasteiger partial charge in [0.2, 0.25) is 0 Å². The first kappa shape index (κ1) is 24.3. The maximum absolute atomic E-state index is 13.8. The van der Waals surface area contributed by atoms with Crippen LogP contribution in [0.15, 0.2) is 12.1 Å². The minimum absolute atomic E-state index is 0.126.